The van der Waals surface area contributed by atoms with Crippen LogP contribution in [0.25, 0.3) is 0 Å². The van der Waals surface area contributed by atoms with E-state index in [0.29, 0.717) is 12.1 Å². The molecular formula is C16H15ClN2O2. The van der Waals surface area contributed by atoms with Crippen molar-refractivity contribution >= 4 is 17.5 Å². The van der Waals surface area contributed by atoms with E-state index in [2.05, 4.69) is 22.8 Å². The molecule has 2 aromatic rings. The molecule has 0 saturated heterocycles. The number of hydrogen-bond donors (Lipinski definition) is 3. The van der Waals surface area contributed by atoms with Crippen LogP contribution in [0, 0.1) is 0 Å². The Kier molecular flexibility index (Phi) is 3.82. The Morgan fingerprint density at radius 3 is 2.81 bits per heavy atom. The summed E-state index contributed by atoms with van der Waals surface area (Å²) in [5.74, 6) is -0.241. The lowest BCUT2D eigenvalue weighted by Crippen LogP contribution is -2.22. The number of amides is 1. The molecule has 4 nitrogen and oxygen atoms in total. The van der Waals surface area contributed by atoms with Gasteiger partial charge in [0.05, 0.1) is 5.02 Å². The van der Waals surface area contributed by atoms with Gasteiger partial charge in [-0.05, 0) is 34.9 Å². The number of rotatable bonds is 3. The number of aromatic hydroxyl groups is 1. The Labute approximate surface area is 127 Å². The van der Waals surface area contributed by atoms with Crippen LogP contribution in [0.1, 0.15) is 27.0 Å². The normalized spacial score (nSPS) is 13.0. The SMILES string of the molecule is O=C(NCc1ccc2c(c1)CNC2)c1ccc(O)c(Cl)c1. The molecule has 108 valence electrons. The molecule has 3 N–H and O–H groups in total. The van der Waals surface area contributed by atoms with E-state index in [-0.39, 0.29) is 16.7 Å². The summed E-state index contributed by atoms with van der Waals surface area (Å²) in [5, 5.41) is 15.7. The first kappa shape index (κ1) is 13.9. The fraction of sp³-hybridized carbons (Fsp3) is 0.188. The predicted octanol–water partition coefficient (Wildman–Crippen LogP) is 2.58. The highest BCUT2D eigenvalue weighted by atomic mass is 35.5. The van der Waals surface area contributed by atoms with Gasteiger partial charge in [-0.25, -0.2) is 0 Å². The lowest BCUT2D eigenvalue weighted by atomic mass is 10.1. The molecule has 1 aliphatic rings. The van der Waals surface area contributed by atoms with E-state index in [1.807, 2.05) is 6.07 Å². The highest BCUT2D eigenvalue weighted by Gasteiger charge is 2.11. The number of benzene rings is 2. The van der Waals surface area contributed by atoms with Crippen molar-refractivity contribution in [3.05, 3.63) is 63.7 Å². The van der Waals surface area contributed by atoms with Crippen LogP contribution in [-0.4, -0.2) is 11.0 Å². The first-order valence-corrected chi connectivity index (χ1v) is 7.09. The number of carbonyl (C=O) groups excluding carboxylic acids is 1. The van der Waals surface area contributed by atoms with E-state index < -0.39 is 0 Å². The quantitative estimate of drug-likeness (QED) is 0.816. The summed E-state index contributed by atoms with van der Waals surface area (Å²) < 4.78 is 0. The van der Waals surface area contributed by atoms with E-state index in [4.69, 9.17) is 11.6 Å². The molecule has 1 amide bonds. The summed E-state index contributed by atoms with van der Waals surface area (Å²) in [6.07, 6.45) is 0. The second-order valence-corrected chi connectivity index (χ2v) is 5.46. The van der Waals surface area contributed by atoms with Crippen molar-refractivity contribution in [3.63, 3.8) is 0 Å². The molecule has 5 heteroatoms. The first-order chi connectivity index (χ1) is 10.1. The number of phenols is 1. The van der Waals surface area contributed by atoms with Crippen LogP contribution in [0.3, 0.4) is 0 Å². The smallest absolute Gasteiger partial charge is 0.251 e. The van der Waals surface area contributed by atoms with Gasteiger partial charge in [-0.15, -0.1) is 0 Å². The molecule has 0 atom stereocenters. The molecular weight excluding hydrogens is 288 g/mol. The first-order valence-electron chi connectivity index (χ1n) is 6.71. The highest BCUT2D eigenvalue weighted by molar-refractivity contribution is 6.32. The zero-order valence-corrected chi connectivity index (χ0v) is 12.1. The largest absolute Gasteiger partial charge is 0.506 e. The molecule has 1 aliphatic heterocycles. The average Bonchev–Trinajstić information content (AvgIpc) is 2.95. The standard InChI is InChI=1S/C16H15ClN2O2/c17-14-6-11(3-4-15(14)20)16(21)19-7-10-1-2-12-8-18-9-13(12)5-10/h1-6,18,20H,7-9H2,(H,19,21). The van der Waals surface area contributed by atoms with Crippen LogP contribution in [0.15, 0.2) is 36.4 Å². The number of carbonyl (C=O) groups is 1. The molecule has 0 aliphatic carbocycles. The minimum absolute atomic E-state index is 0.0284. The van der Waals surface area contributed by atoms with Gasteiger partial charge in [-0.3, -0.25) is 4.79 Å². The lowest BCUT2D eigenvalue weighted by Gasteiger charge is -2.08. The highest BCUT2D eigenvalue weighted by Crippen LogP contribution is 2.23. The Bertz CT molecular complexity index is 701. The van der Waals surface area contributed by atoms with Crippen molar-refractivity contribution in [2.24, 2.45) is 0 Å². The molecule has 0 fully saturated rings. The van der Waals surface area contributed by atoms with Gasteiger partial charge in [0, 0.05) is 25.2 Å². The Morgan fingerprint density at radius 2 is 2.00 bits per heavy atom. The van der Waals surface area contributed by atoms with Gasteiger partial charge >= 0.3 is 0 Å². The summed E-state index contributed by atoms with van der Waals surface area (Å²) in [6, 6.07) is 10.6. The predicted molar refractivity (Wildman–Crippen MR) is 81.3 cm³/mol. The van der Waals surface area contributed by atoms with Crippen LogP contribution in [0.5, 0.6) is 5.75 Å². The second-order valence-electron chi connectivity index (χ2n) is 5.06. The van der Waals surface area contributed by atoms with Crippen LogP contribution in [0.2, 0.25) is 5.02 Å². The number of hydrogen-bond acceptors (Lipinski definition) is 3. The van der Waals surface area contributed by atoms with Crippen LogP contribution in [-0.2, 0) is 19.6 Å². The maximum absolute atomic E-state index is 12.1. The minimum atomic E-state index is -0.212. The summed E-state index contributed by atoms with van der Waals surface area (Å²) in [5.41, 5.74) is 4.10. The molecule has 0 spiro atoms. The van der Waals surface area contributed by atoms with Crippen LogP contribution >= 0.6 is 11.6 Å². The molecule has 21 heavy (non-hydrogen) atoms. The monoisotopic (exact) mass is 302 g/mol. The van der Waals surface area contributed by atoms with Crippen LogP contribution < -0.4 is 10.6 Å². The Hall–Kier alpha value is -2.04. The summed E-state index contributed by atoms with van der Waals surface area (Å²) >= 11 is 5.80. The van der Waals surface area contributed by atoms with Crippen molar-refractivity contribution in [3.8, 4) is 5.75 Å². The van der Waals surface area contributed by atoms with E-state index in [0.717, 1.165) is 18.7 Å². The van der Waals surface area contributed by atoms with E-state index in [1.54, 1.807) is 6.07 Å². The van der Waals surface area contributed by atoms with Crippen molar-refractivity contribution in [2.45, 2.75) is 19.6 Å². The molecule has 0 aromatic heterocycles. The second kappa shape index (κ2) is 5.76. The fourth-order valence-corrected chi connectivity index (χ4v) is 2.57. The molecule has 3 rings (SSSR count). The van der Waals surface area contributed by atoms with Gasteiger partial charge in [0.15, 0.2) is 0 Å². The molecule has 2 aromatic carbocycles. The third kappa shape index (κ3) is 3.01. The summed E-state index contributed by atoms with van der Waals surface area (Å²) in [7, 11) is 0. The third-order valence-electron chi connectivity index (χ3n) is 3.56. The van der Waals surface area contributed by atoms with Crippen molar-refractivity contribution < 1.29 is 9.90 Å². The number of phenolic OH excluding ortho intramolecular Hbond substituents is 1. The van der Waals surface area contributed by atoms with Gasteiger partial charge in [-0.2, -0.15) is 0 Å². The van der Waals surface area contributed by atoms with E-state index in [1.165, 1.54) is 23.3 Å². The zero-order chi connectivity index (χ0) is 14.8. The van der Waals surface area contributed by atoms with Gasteiger partial charge in [0.1, 0.15) is 5.75 Å². The number of nitrogens with one attached hydrogen (secondary N) is 2. The van der Waals surface area contributed by atoms with Gasteiger partial charge in [0.2, 0.25) is 0 Å². The summed E-state index contributed by atoms with van der Waals surface area (Å²) in [4.78, 5) is 12.1. The third-order valence-corrected chi connectivity index (χ3v) is 3.87. The summed E-state index contributed by atoms with van der Waals surface area (Å²) in [6.45, 7) is 2.25. The van der Waals surface area contributed by atoms with E-state index >= 15 is 0 Å². The Balaban J connectivity index is 1.67. The minimum Gasteiger partial charge on any atom is -0.506 e. The lowest BCUT2D eigenvalue weighted by molar-refractivity contribution is 0.0951. The van der Waals surface area contributed by atoms with Gasteiger partial charge < -0.3 is 15.7 Å². The number of fused-ring (bicyclic) bond motifs is 1. The van der Waals surface area contributed by atoms with Crippen molar-refractivity contribution in [2.75, 3.05) is 0 Å². The topological polar surface area (TPSA) is 61.4 Å². The average molecular weight is 303 g/mol. The van der Waals surface area contributed by atoms with E-state index in [9.17, 15) is 9.90 Å². The van der Waals surface area contributed by atoms with Crippen molar-refractivity contribution in [1.29, 1.82) is 0 Å². The van der Waals surface area contributed by atoms with Gasteiger partial charge in [0.25, 0.3) is 5.91 Å². The maximum Gasteiger partial charge on any atom is 0.251 e. The van der Waals surface area contributed by atoms with Gasteiger partial charge in [-0.1, -0.05) is 29.8 Å². The molecule has 0 bridgehead atoms. The molecule has 1 heterocycles. The zero-order valence-electron chi connectivity index (χ0n) is 11.3. The van der Waals surface area contributed by atoms with Crippen LogP contribution in [0.4, 0.5) is 0 Å². The molecule has 0 unspecified atom stereocenters. The van der Waals surface area contributed by atoms with Crippen molar-refractivity contribution in [1.82, 2.24) is 10.6 Å². The fourth-order valence-electron chi connectivity index (χ4n) is 2.39. The molecule has 0 radical (unpaired) electrons. The molecule has 0 saturated carbocycles. The number of halogens is 1. The Morgan fingerprint density at radius 1 is 1.19 bits per heavy atom. The maximum atomic E-state index is 12.1.